The smallest absolute Gasteiger partial charge is 0.107 e. The van der Waals surface area contributed by atoms with Crippen LogP contribution in [0.15, 0.2) is 35.7 Å². The molecular weight excluding hydrogens is 278 g/mol. The van der Waals surface area contributed by atoms with E-state index >= 15 is 0 Å². The van der Waals surface area contributed by atoms with Gasteiger partial charge in [0.05, 0.1) is 6.54 Å². The second-order valence-electron chi connectivity index (χ2n) is 5.75. The lowest BCUT2D eigenvalue weighted by atomic mass is 10.0. The van der Waals surface area contributed by atoms with Crippen LogP contribution in [0.1, 0.15) is 35.7 Å². The maximum absolute atomic E-state index is 4.63. The average molecular weight is 301 g/mol. The molecule has 0 spiro atoms. The van der Waals surface area contributed by atoms with Gasteiger partial charge in [-0.05, 0) is 18.9 Å². The number of benzene rings is 1. The fourth-order valence-electron chi connectivity index (χ4n) is 3.01. The molecule has 1 aromatic heterocycles. The first-order valence-corrected chi connectivity index (χ1v) is 8.57. The van der Waals surface area contributed by atoms with E-state index in [1.165, 1.54) is 17.0 Å². The fourth-order valence-corrected chi connectivity index (χ4v) is 3.81. The number of thiazole rings is 1. The Labute approximate surface area is 131 Å². The zero-order chi connectivity index (χ0) is 14.7. The van der Waals surface area contributed by atoms with E-state index in [1.54, 1.807) is 11.3 Å². The van der Waals surface area contributed by atoms with Gasteiger partial charge in [-0.2, -0.15) is 0 Å². The van der Waals surface area contributed by atoms with E-state index in [0.29, 0.717) is 12.1 Å². The molecule has 1 aliphatic rings. The Morgan fingerprint density at radius 1 is 1.33 bits per heavy atom. The molecule has 2 heterocycles. The Balaban J connectivity index is 1.72. The highest BCUT2D eigenvalue weighted by atomic mass is 32.1. The monoisotopic (exact) mass is 301 g/mol. The van der Waals surface area contributed by atoms with Crippen LogP contribution in [0.2, 0.25) is 0 Å². The lowest BCUT2D eigenvalue weighted by Crippen LogP contribution is -2.51. The first-order valence-electron chi connectivity index (χ1n) is 7.69. The van der Waals surface area contributed by atoms with Gasteiger partial charge in [-0.3, -0.25) is 4.90 Å². The van der Waals surface area contributed by atoms with Crippen molar-refractivity contribution in [1.29, 1.82) is 0 Å². The molecule has 112 valence electrons. The Bertz CT molecular complexity index is 566. The first kappa shape index (κ1) is 14.7. The van der Waals surface area contributed by atoms with Crippen molar-refractivity contribution in [2.24, 2.45) is 0 Å². The number of hydrogen-bond acceptors (Lipinski definition) is 4. The quantitative estimate of drug-likeness (QED) is 0.938. The van der Waals surface area contributed by atoms with Crippen molar-refractivity contribution in [2.45, 2.75) is 38.9 Å². The summed E-state index contributed by atoms with van der Waals surface area (Å²) in [7, 11) is 0. The van der Waals surface area contributed by atoms with E-state index in [2.05, 4.69) is 64.8 Å². The minimum atomic E-state index is 0.426. The van der Waals surface area contributed by atoms with Crippen molar-refractivity contribution in [1.82, 2.24) is 15.2 Å². The van der Waals surface area contributed by atoms with Crippen LogP contribution in [-0.2, 0) is 6.54 Å². The van der Waals surface area contributed by atoms with E-state index < -0.39 is 0 Å². The Kier molecular flexibility index (Phi) is 4.68. The summed E-state index contributed by atoms with van der Waals surface area (Å²) in [6, 6.07) is 11.8. The van der Waals surface area contributed by atoms with Gasteiger partial charge in [0.15, 0.2) is 0 Å². The second-order valence-corrected chi connectivity index (χ2v) is 6.69. The Hall–Kier alpha value is -1.23. The van der Waals surface area contributed by atoms with E-state index in [-0.39, 0.29) is 0 Å². The summed E-state index contributed by atoms with van der Waals surface area (Å²) in [6.45, 7) is 7.43. The van der Waals surface area contributed by atoms with E-state index in [1.807, 2.05) is 0 Å². The van der Waals surface area contributed by atoms with Crippen molar-refractivity contribution < 1.29 is 0 Å². The molecule has 0 radical (unpaired) electrons. The molecule has 2 atom stereocenters. The van der Waals surface area contributed by atoms with Crippen LogP contribution in [0.5, 0.6) is 0 Å². The van der Waals surface area contributed by atoms with Crippen LogP contribution < -0.4 is 5.32 Å². The van der Waals surface area contributed by atoms with Gasteiger partial charge in [-0.1, -0.05) is 37.3 Å². The van der Waals surface area contributed by atoms with Crippen LogP contribution >= 0.6 is 11.3 Å². The van der Waals surface area contributed by atoms with E-state index in [4.69, 9.17) is 0 Å². The number of nitrogens with one attached hydrogen (secondary N) is 1. The molecule has 3 rings (SSSR count). The van der Waals surface area contributed by atoms with Crippen LogP contribution in [-0.4, -0.2) is 29.0 Å². The molecule has 21 heavy (non-hydrogen) atoms. The summed E-state index contributed by atoms with van der Waals surface area (Å²) in [5, 5.41) is 7.08. The molecule has 3 nitrogen and oxygen atoms in total. The van der Waals surface area contributed by atoms with Crippen LogP contribution in [0.25, 0.3) is 0 Å². The normalized spacial score (nSPS) is 23.3. The molecule has 1 aliphatic heterocycles. The topological polar surface area (TPSA) is 28.2 Å². The van der Waals surface area contributed by atoms with E-state index in [0.717, 1.165) is 25.3 Å². The number of nitrogens with zero attached hydrogens (tertiary/aromatic N) is 2. The molecule has 0 amide bonds. The highest BCUT2D eigenvalue weighted by Gasteiger charge is 2.28. The van der Waals surface area contributed by atoms with Crippen molar-refractivity contribution >= 4 is 11.3 Å². The predicted molar refractivity (Wildman–Crippen MR) is 88.5 cm³/mol. The van der Waals surface area contributed by atoms with E-state index in [9.17, 15) is 0 Å². The first-order chi connectivity index (χ1) is 10.3. The molecule has 1 N–H and O–H groups in total. The van der Waals surface area contributed by atoms with Gasteiger partial charge in [0, 0.05) is 36.2 Å². The van der Waals surface area contributed by atoms with Gasteiger partial charge >= 0.3 is 0 Å². The molecule has 4 heteroatoms. The average Bonchev–Trinajstić information content (AvgIpc) is 2.93. The van der Waals surface area contributed by atoms with Crippen LogP contribution in [0, 0.1) is 6.92 Å². The number of rotatable bonds is 4. The molecule has 0 aliphatic carbocycles. The molecule has 0 saturated carbocycles. The summed E-state index contributed by atoms with van der Waals surface area (Å²) in [4.78, 5) is 7.22. The number of hydrogen-bond donors (Lipinski definition) is 1. The molecule has 1 aromatic carbocycles. The third-order valence-electron chi connectivity index (χ3n) is 4.21. The van der Waals surface area contributed by atoms with Gasteiger partial charge in [-0.15, -0.1) is 11.3 Å². The summed E-state index contributed by atoms with van der Waals surface area (Å²) in [6.07, 6.45) is 1.18. The zero-order valence-corrected chi connectivity index (χ0v) is 13.6. The molecule has 0 bridgehead atoms. The standard InChI is InChI=1S/C17H23N3S/c1-3-15-9-18-16(14-7-5-4-6-8-14)10-20(15)11-17-19-13(2)12-21-17/h4-8,12,15-16,18H,3,9-11H2,1-2H3. The SMILES string of the molecule is CCC1CNC(c2ccccc2)CN1Cc1nc(C)cs1. The molecular formula is C17H23N3S. The van der Waals surface area contributed by atoms with Crippen molar-refractivity contribution in [3.05, 3.63) is 52.0 Å². The third kappa shape index (κ3) is 3.51. The fraction of sp³-hybridized carbons (Fsp3) is 0.471. The maximum Gasteiger partial charge on any atom is 0.107 e. The second kappa shape index (κ2) is 6.69. The number of aryl methyl sites for hydroxylation is 1. The minimum absolute atomic E-state index is 0.426. The molecule has 1 saturated heterocycles. The summed E-state index contributed by atoms with van der Waals surface area (Å²) >= 11 is 1.78. The van der Waals surface area contributed by atoms with Crippen molar-refractivity contribution in [3.8, 4) is 0 Å². The molecule has 1 fully saturated rings. The van der Waals surface area contributed by atoms with Crippen LogP contribution in [0.4, 0.5) is 0 Å². The predicted octanol–water partition coefficient (Wildman–Crippen LogP) is 3.38. The summed E-state index contributed by atoms with van der Waals surface area (Å²) < 4.78 is 0. The maximum atomic E-state index is 4.63. The van der Waals surface area contributed by atoms with Gasteiger partial charge in [0.1, 0.15) is 5.01 Å². The third-order valence-corrected chi connectivity index (χ3v) is 5.16. The van der Waals surface area contributed by atoms with Crippen molar-refractivity contribution in [3.63, 3.8) is 0 Å². The molecule has 2 aromatic rings. The van der Waals surface area contributed by atoms with Gasteiger partial charge in [0.25, 0.3) is 0 Å². The number of piperazine rings is 1. The van der Waals surface area contributed by atoms with Crippen molar-refractivity contribution in [2.75, 3.05) is 13.1 Å². The lowest BCUT2D eigenvalue weighted by Gasteiger charge is -2.40. The Morgan fingerprint density at radius 3 is 2.81 bits per heavy atom. The highest BCUT2D eigenvalue weighted by molar-refractivity contribution is 7.09. The minimum Gasteiger partial charge on any atom is -0.307 e. The molecule has 2 unspecified atom stereocenters. The van der Waals surface area contributed by atoms with Gasteiger partial charge in [-0.25, -0.2) is 4.98 Å². The largest absolute Gasteiger partial charge is 0.307 e. The summed E-state index contributed by atoms with van der Waals surface area (Å²) in [5.41, 5.74) is 2.52. The summed E-state index contributed by atoms with van der Waals surface area (Å²) in [5.74, 6) is 0. The van der Waals surface area contributed by atoms with Crippen LogP contribution in [0.3, 0.4) is 0 Å². The number of aromatic nitrogens is 1. The zero-order valence-electron chi connectivity index (χ0n) is 12.7. The van der Waals surface area contributed by atoms with Gasteiger partial charge < -0.3 is 5.32 Å². The lowest BCUT2D eigenvalue weighted by molar-refractivity contribution is 0.119. The Morgan fingerprint density at radius 2 is 2.14 bits per heavy atom. The highest BCUT2D eigenvalue weighted by Crippen LogP contribution is 2.23. The van der Waals surface area contributed by atoms with Gasteiger partial charge in [0.2, 0.25) is 0 Å².